The lowest BCUT2D eigenvalue weighted by molar-refractivity contribution is 0.0938. The fourth-order valence-corrected chi connectivity index (χ4v) is 2.98. The number of amides is 2. The van der Waals surface area contributed by atoms with Crippen molar-refractivity contribution in [3.8, 4) is 0 Å². The van der Waals surface area contributed by atoms with Crippen molar-refractivity contribution in [3.63, 3.8) is 0 Å². The van der Waals surface area contributed by atoms with E-state index in [1.807, 2.05) is 44.2 Å². The molecule has 0 aliphatic heterocycles. The smallest absolute Gasteiger partial charge is 0.287 e. The van der Waals surface area contributed by atoms with Gasteiger partial charge in [-0.2, -0.15) is 0 Å². The molecule has 6 nitrogen and oxygen atoms in total. The van der Waals surface area contributed by atoms with E-state index in [0.717, 1.165) is 0 Å². The Hall–Kier alpha value is -3.15. The third-order valence-corrected chi connectivity index (χ3v) is 4.65. The van der Waals surface area contributed by atoms with E-state index in [1.165, 1.54) is 5.56 Å². The molecule has 3 aromatic rings. The summed E-state index contributed by atoms with van der Waals surface area (Å²) in [5, 5.41) is 5.74. The standard InChI is InChI=1S/C23H28N4O2/c1-15(2)14-24-22(29)20-26-19(18-8-6-7-13-27(18)20)21(28)25-17-11-9-16(10-12-17)23(3,4)5/h6-13,15H,14H2,1-5H3,(H,24,29)(H,25,28). The number of pyridine rings is 1. The van der Waals surface area contributed by atoms with Crippen LogP contribution in [0.3, 0.4) is 0 Å². The van der Waals surface area contributed by atoms with Crippen molar-refractivity contribution >= 4 is 23.0 Å². The van der Waals surface area contributed by atoms with Crippen LogP contribution in [0.4, 0.5) is 5.69 Å². The molecule has 0 atom stereocenters. The van der Waals surface area contributed by atoms with E-state index in [9.17, 15) is 9.59 Å². The molecule has 0 aliphatic carbocycles. The molecule has 2 aromatic heterocycles. The molecule has 0 aliphatic rings. The molecule has 29 heavy (non-hydrogen) atoms. The van der Waals surface area contributed by atoms with Crippen molar-refractivity contribution in [2.45, 2.75) is 40.0 Å². The summed E-state index contributed by atoms with van der Waals surface area (Å²) in [4.78, 5) is 29.8. The van der Waals surface area contributed by atoms with Gasteiger partial charge in [0.25, 0.3) is 11.8 Å². The highest BCUT2D eigenvalue weighted by Gasteiger charge is 2.22. The maximum atomic E-state index is 12.9. The highest BCUT2D eigenvalue weighted by Crippen LogP contribution is 2.24. The lowest BCUT2D eigenvalue weighted by atomic mass is 9.87. The topological polar surface area (TPSA) is 75.5 Å². The van der Waals surface area contributed by atoms with Crippen LogP contribution in [-0.2, 0) is 5.41 Å². The quantitative estimate of drug-likeness (QED) is 0.681. The minimum atomic E-state index is -0.347. The zero-order valence-electron chi connectivity index (χ0n) is 17.6. The molecule has 0 bridgehead atoms. The molecule has 6 heteroatoms. The largest absolute Gasteiger partial charge is 0.349 e. The number of fused-ring (bicyclic) bond motifs is 1. The minimum Gasteiger partial charge on any atom is -0.349 e. The van der Waals surface area contributed by atoms with Gasteiger partial charge in [0.1, 0.15) is 0 Å². The number of hydrogen-bond donors (Lipinski definition) is 2. The minimum absolute atomic E-state index is 0.0425. The van der Waals surface area contributed by atoms with Gasteiger partial charge in [-0.25, -0.2) is 4.98 Å². The van der Waals surface area contributed by atoms with Crippen LogP contribution in [0, 0.1) is 5.92 Å². The predicted molar refractivity (Wildman–Crippen MR) is 115 cm³/mol. The van der Waals surface area contributed by atoms with E-state index in [2.05, 4.69) is 36.4 Å². The van der Waals surface area contributed by atoms with E-state index in [4.69, 9.17) is 0 Å². The molecule has 3 rings (SSSR count). The molecule has 152 valence electrons. The van der Waals surface area contributed by atoms with Crippen molar-refractivity contribution in [3.05, 3.63) is 65.7 Å². The Morgan fingerprint density at radius 2 is 1.72 bits per heavy atom. The summed E-state index contributed by atoms with van der Waals surface area (Å²) in [7, 11) is 0. The molecule has 0 radical (unpaired) electrons. The first kappa shape index (κ1) is 20.6. The van der Waals surface area contributed by atoms with E-state index in [-0.39, 0.29) is 28.7 Å². The normalized spacial score (nSPS) is 11.7. The number of benzene rings is 1. The first-order valence-electron chi connectivity index (χ1n) is 9.84. The van der Waals surface area contributed by atoms with E-state index < -0.39 is 0 Å². The SMILES string of the molecule is CC(C)CNC(=O)c1nc(C(=O)Nc2ccc(C(C)(C)C)cc2)c2ccccn12. The highest BCUT2D eigenvalue weighted by atomic mass is 16.2. The third kappa shape index (κ3) is 4.65. The average molecular weight is 393 g/mol. The van der Waals surface area contributed by atoms with Crippen LogP contribution in [0.5, 0.6) is 0 Å². The van der Waals surface area contributed by atoms with Crippen LogP contribution >= 0.6 is 0 Å². The van der Waals surface area contributed by atoms with Gasteiger partial charge in [0.05, 0.1) is 5.52 Å². The Kier molecular flexibility index (Phi) is 5.73. The summed E-state index contributed by atoms with van der Waals surface area (Å²) in [5.41, 5.74) is 2.73. The van der Waals surface area contributed by atoms with Gasteiger partial charge in [-0.3, -0.25) is 14.0 Å². The van der Waals surface area contributed by atoms with Crippen LogP contribution in [0.25, 0.3) is 5.52 Å². The average Bonchev–Trinajstić information content (AvgIpc) is 3.06. The maximum absolute atomic E-state index is 12.9. The molecule has 0 unspecified atom stereocenters. The molecular weight excluding hydrogens is 364 g/mol. The summed E-state index contributed by atoms with van der Waals surface area (Å²) in [6.45, 7) is 11.0. The molecule has 0 fully saturated rings. The number of nitrogens with zero attached hydrogens (tertiary/aromatic N) is 2. The first-order chi connectivity index (χ1) is 13.7. The highest BCUT2D eigenvalue weighted by molar-refractivity contribution is 6.08. The van der Waals surface area contributed by atoms with Crippen molar-refractivity contribution in [1.29, 1.82) is 0 Å². The summed E-state index contributed by atoms with van der Waals surface area (Å²) < 4.78 is 1.65. The zero-order valence-corrected chi connectivity index (χ0v) is 17.6. The molecule has 2 heterocycles. The lowest BCUT2D eigenvalue weighted by Gasteiger charge is -2.19. The molecule has 2 N–H and O–H groups in total. The van der Waals surface area contributed by atoms with Gasteiger partial charge in [0, 0.05) is 18.4 Å². The fourth-order valence-electron chi connectivity index (χ4n) is 2.98. The summed E-state index contributed by atoms with van der Waals surface area (Å²) in [5.74, 6) is -0.118. The third-order valence-electron chi connectivity index (χ3n) is 4.65. The first-order valence-corrected chi connectivity index (χ1v) is 9.84. The number of carbonyl (C=O) groups is 2. The number of rotatable bonds is 5. The van der Waals surface area contributed by atoms with Crippen LogP contribution in [0.2, 0.25) is 0 Å². The van der Waals surface area contributed by atoms with Crippen LogP contribution < -0.4 is 10.6 Å². The van der Waals surface area contributed by atoms with Gasteiger partial charge in [-0.05, 0) is 41.2 Å². The van der Waals surface area contributed by atoms with Gasteiger partial charge in [0.15, 0.2) is 5.69 Å². The second-order valence-electron chi connectivity index (χ2n) is 8.63. The van der Waals surface area contributed by atoms with Crippen molar-refractivity contribution in [2.75, 3.05) is 11.9 Å². The van der Waals surface area contributed by atoms with Gasteiger partial charge in [-0.1, -0.05) is 52.8 Å². The van der Waals surface area contributed by atoms with E-state index in [1.54, 1.807) is 22.7 Å². The van der Waals surface area contributed by atoms with Gasteiger partial charge in [-0.15, -0.1) is 0 Å². The van der Waals surface area contributed by atoms with Crippen molar-refractivity contribution in [1.82, 2.24) is 14.7 Å². The number of nitrogens with one attached hydrogen (secondary N) is 2. The van der Waals surface area contributed by atoms with Gasteiger partial charge < -0.3 is 10.6 Å². The molecular formula is C23H28N4O2. The molecule has 0 saturated carbocycles. The van der Waals surface area contributed by atoms with Crippen LogP contribution in [0.15, 0.2) is 48.7 Å². The summed E-state index contributed by atoms with van der Waals surface area (Å²) in [6.07, 6.45) is 1.74. The lowest BCUT2D eigenvalue weighted by Crippen LogP contribution is -2.29. The summed E-state index contributed by atoms with van der Waals surface area (Å²) >= 11 is 0. The molecule has 2 amide bonds. The second-order valence-corrected chi connectivity index (χ2v) is 8.63. The van der Waals surface area contributed by atoms with Crippen LogP contribution in [-0.4, -0.2) is 27.7 Å². The maximum Gasteiger partial charge on any atom is 0.287 e. The number of carbonyl (C=O) groups excluding carboxylic acids is 2. The molecule has 0 spiro atoms. The van der Waals surface area contributed by atoms with Gasteiger partial charge in [0.2, 0.25) is 5.82 Å². The van der Waals surface area contributed by atoms with E-state index in [0.29, 0.717) is 23.7 Å². The van der Waals surface area contributed by atoms with Crippen molar-refractivity contribution < 1.29 is 9.59 Å². The van der Waals surface area contributed by atoms with Crippen LogP contribution in [0.1, 0.15) is 61.3 Å². The molecule has 1 aromatic carbocycles. The molecule has 0 saturated heterocycles. The Labute approximate surface area is 171 Å². The second kappa shape index (κ2) is 8.07. The number of aromatic nitrogens is 2. The monoisotopic (exact) mass is 392 g/mol. The Morgan fingerprint density at radius 1 is 1.03 bits per heavy atom. The van der Waals surface area contributed by atoms with Gasteiger partial charge >= 0.3 is 0 Å². The number of hydrogen-bond acceptors (Lipinski definition) is 3. The zero-order chi connectivity index (χ0) is 21.2. The van der Waals surface area contributed by atoms with E-state index >= 15 is 0 Å². The predicted octanol–water partition coefficient (Wildman–Crippen LogP) is 4.27. The number of anilines is 1. The Morgan fingerprint density at radius 3 is 2.34 bits per heavy atom. The Balaban J connectivity index is 1.87. The summed E-state index contributed by atoms with van der Waals surface area (Å²) in [6, 6.07) is 13.2. The number of imidazole rings is 1. The fraction of sp³-hybridized carbons (Fsp3) is 0.348. The Bertz CT molecular complexity index is 1030. The van der Waals surface area contributed by atoms with Crippen molar-refractivity contribution in [2.24, 2.45) is 5.92 Å².